The lowest BCUT2D eigenvalue weighted by atomic mass is 10.1. The summed E-state index contributed by atoms with van der Waals surface area (Å²) in [4.78, 5) is 13.1. The van der Waals surface area contributed by atoms with Gasteiger partial charge in [-0.05, 0) is 47.0 Å². The molecule has 0 aliphatic heterocycles. The van der Waals surface area contributed by atoms with Crippen LogP contribution < -0.4 is 11.1 Å². The van der Waals surface area contributed by atoms with Gasteiger partial charge in [0.1, 0.15) is 0 Å². The minimum absolute atomic E-state index is 0.430. The first-order valence-corrected chi connectivity index (χ1v) is 8.79. The van der Waals surface area contributed by atoms with E-state index in [4.69, 9.17) is 11.1 Å². The summed E-state index contributed by atoms with van der Waals surface area (Å²) in [6.45, 7) is 0. The number of hydrogen-bond donors (Lipinski definition) is 2. The van der Waals surface area contributed by atoms with E-state index in [0.717, 1.165) is 33.4 Å². The second kappa shape index (κ2) is 6.75. The Morgan fingerprint density at radius 3 is 2.86 bits per heavy atom. The standard InChI is InChI=1S/C15H16BrN5S/c16-10-7-12-11(19-8-10)5-6-13(20-12)21-15(18)22-14(17)9-3-1-2-4-9/h5-9,17H,1-4H2,(H2,18,20,21)/p+1. The molecule has 0 unspecified atom stereocenters. The van der Waals surface area contributed by atoms with E-state index in [1.807, 2.05) is 18.2 Å². The normalized spacial score (nSPS) is 16.3. The maximum Gasteiger partial charge on any atom is 0.218 e. The molecule has 4 N–H and O–H groups in total. The first-order valence-electron chi connectivity index (χ1n) is 7.18. The van der Waals surface area contributed by atoms with E-state index in [-0.39, 0.29) is 0 Å². The molecule has 1 aliphatic carbocycles. The number of rotatable bonds is 2. The molecule has 0 aromatic carbocycles. The van der Waals surface area contributed by atoms with Crippen molar-refractivity contribution in [1.29, 1.82) is 0 Å². The van der Waals surface area contributed by atoms with Crippen molar-refractivity contribution in [1.82, 2.24) is 9.97 Å². The molecule has 0 amide bonds. The van der Waals surface area contributed by atoms with Crippen molar-refractivity contribution < 1.29 is 5.41 Å². The van der Waals surface area contributed by atoms with E-state index >= 15 is 0 Å². The number of hydrogen-bond acceptors (Lipinski definition) is 4. The molecule has 22 heavy (non-hydrogen) atoms. The maximum atomic E-state index is 6.13. The van der Waals surface area contributed by atoms with Gasteiger partial charge >= 0.3 is 0 Å². The van der Waals surface area contributed by atoms with Crippen LogP contribution in [0.15, 0.2) is 33.9 Å². The third kappa shape index (κ3) is 3.64. The van der Waals surface area contributed by atoms with Gasteiger partial charge in [-0.15, -0.1) is 0 Å². The molecule has 0 bridgehead atoms. The van der Waals surface area contributed by atoms with Crippen LogP contribution >= 0.6 is 27.7 Å². The number of nitrogens with zero attached hydrogens (tertiary/aromatic N) is 3. The molecule has 0 spiro atoms. The third-order valence-electron chi connectivity index (χ3n) is 3.69. The summed E-state index contributed by atoms with van der Waals surface area (Å²) < 4.78 is 0.884. The smallest absolute Gasteiger partial charge is 0.218 e. The van der Waals surface area contributed by atoms with E-state index in [1.54, 1.807) is 6.20 Å². The van der Waals surface area contributed by atoms with Gasteiger partial charge < -0.3 is 5.73 Å². The summed E-state index contributed by atoms with van der Waals surface area (Å²) in [5, 5.41) is 7.42. The Hall–Kier alpha value is -1.47. The largest absolute Gasteiger partial charge is 0.378 e. The number of halogens is 1. The average molecular weight is 379 g/mol. The first kappa shape index (κ1) is 15.4. The fourth-order valence-electron chi connectivity index (χ4n) is 2.58. The Labute approximate surface area is 141 Å². The lowest BCUT2D eigenvalue weighted by Gasteiger charge is -2.05. The summed E-state index contributed by atoms with van der Waals surface area (Å²) in [5.74, 6) is 1.03. The molecular weight excluding hydrogens is 362 g/mol. The number of nitrogens with two attached hydrogens (primary N) is 2. The summed E-state index contributed by atoms with van der Waals surface area (Å²) in [6, 6.07) is 5.60. The first-order chi connectivity index (χ1) is 10.6. The predicted molar refractivity (Wildman–Crippen MR) is 95.0 cm³/mol. The van der Waals surface area contributed by atoms with Gasteiger partial charge in [0.05, 0.1) is 17.0 Å². The van der Waals surface area contributed by atoms with Gasteiger partial charge in [0.15, 0.2) is 11.0 Å². The highest BCUT2D eigenvalue weighted by Crippen LogP contribution is 2.28. The SMILES string of the molecule is NC(=Nc1ccc2ncc(Br)cc2n1)SC(=[NH2+])C1CCCC1. The van der Waals surface area contributed by atoms with E-state index in [9.17, 15) is 0 Å². The zero-order chi connectivity index (χ0) is 15.5. The number of thioether (sulfide) groups is 1. The van der Waals surface area contributed by atoms with Gasteiger partial charge in [0.25, 0.3) is 0 Å². The monoisotopic (exact) mass is 378 g/mol. The van der Waals surface area contributed by atoms with Crippen molar-refractivity contribution in [2.45, 2.75) is 25.7 Å². The third-order valence-corrected chi connectivity index (χ3v) is 5.00. The highest BCUT2D eigenvalue weighted by molar-refractivity contribution is 9.10. The highest BCUT2D eigenvalue weighted by Gasteiger charge is 2.25. The van der Waals surface area contributed by atoms with E-state index < -0.39 is 0 Å². The topological polar surface area (TPSA) is 89.8 Å². The molecule has 7 heteroatoms. The second-order valence-corrected chi connectivity index (χ2v) is 7.31. The maximum absolute atomic E-state index is 6.13. The minimum atomic E-state index is 0.430. The van der Waals surface area contributed by atoms with Crippen LogP contribution in [-0.2, 0) is 0 Å². The van der Waals surface area contributed by atoms with Crippen LogP contribution in [-0.4, -0.2) is 20.2 Å². The molecule has 1 fully saturated rings. The Morgan fingerprint density at radius 1 is 1.32 bits per heavy atom. The van der Waals surface area contributed by atoms with Crippen LogP contribution in [0.3, 0.4) is 0 Å². The van der Waals surface area contributed by atoms with Crippen LogP contribution in [0.2, 0.25) is 0 Å². The zero-order valence-corrected chi connectivity index (χ0v) is 14.4. The van der Waals surface area contributed by atoms with Gasteiger partial charge in [-0.25, -0.2) is 9.98 Å². The molecule has 114 valence electrons. The highest BCUT2D eigenvalue weighted by atomic mass is 79.9. The van der Waals surface area contributed by atoms with Crippen LogP contribution in [0, 0.1) is 5.92 Å². The van der Waals surface area contributed by atoms with Gasteiger partial charge in [-0.1, -0.05) is 12.8 Å². The van der Waals surface area contributed by atoms with E-state index in [1.165, 1.54) is 24.6 Å². The van der Waals surface area contributed by atoms with Crippen molar-refractivity contribution >= 4 is 54.8 Å². The molecule has 0 atom stereocenters. The Morgan fingerprint density at radius 2 is 2.09 bits per heavy atom. The summed E-state index contributed by atoms with van der Waals surface area (Å²) in [7, 11) is 0. The molecule has 2 heterocycles. The molecule has 3 rings (SSSR count). The van der Waals surface area contributed by atoms with Crippen LogP contribution in [0.5, 0.6) is 0 Å². The number of aromatic nitrogens is 2. The van der Waals surface area contributed by atoms with Crippen molar-refractivity contribution in [2.24, 2.45) is 16.6 Å². The number of fused-ring (bicyclic) bond motifs is 1. The fraction of sp³-hybridized carbons (Fsp3) is 0.333. The van der Waals surface area contributed by atoms with Gasteiger partial charge in [-0.3, -0.25) is 10.4 Å². The minimum Gasteiger partial charge on any atom is -0.378 e. The summed E-state index contributed by atoms with van der Waals surface area (Å²) in [6.07, 6.45) is 6.54. The molecule has 1 saturated carbocycles. The van der Waals surface area contributed by atoms with Crippen molar-refractivity contribution in [3.63, 3.8) is 0 Å². The average Bonchev–Trinajstić information content (AvgIpc) is 3.01. The van der Waals surface area contributed by atoms with Gasteiger partial charge in [0.2, 0.25) is 5.04 Å². The van der Waals surface area contributed by atoms with Crippen molar-refractivity contribution in [3.8, 4) is 0 Å². The van der Waals surface area contributed by atoms with Crippen molar-refractivity contribution in [3.05, 3.63) is 28.9 Å². The summed E-state index contributed by atoms with van der Waals surface area (Å²) >= 11 is 4.75. The van der Waals surface area contributed by atoms with E-state index in [0.29, 0.717) is 16.9 Å². The molecule has 5 nitrogen and oxygen atoms in total. The quantitative estimate of drug-likeness (QED) is 0.620. The molecule has 1 aliphatic rings. The van der Waals surface area contributed by atoms with Crippen molar-refractivity contribution in [2.75, 3.05) is 0 Å². The molecule has 0 saturated heterocycles. The Kier molecular flexibility index (Phi) is 4.73. The number of aliphatic imine (C=N–C) groups is 1. The Balaban J connectivity index is 1.76. The molecular formula is C15H17BrN5S+. The van der Waals surface area contributed by atoms with E-state index in [2.05, 4.69) is 30.9 Å². The predicted octanol–water partition coefficient (Wildman–Crippen LogP) is 2.42. The second-order valence-electron chi connectivity index (χ2n) is 5.30. The fourth-order valence-corrected chi connectivity index (χ4v) is 3.69. The Bertz CT molecular complexity index is 740. The lowest BCUT2D eigenvalue weighted by Crippen LogP contribution is -2.42. The van der Waals surface area contributed by atoms with Crippen LogP contribution in [0.1, 0.15) is 25.7 Å². The molecule has 2 aromatic rings. The lowest BCUT2D eigenvalue weighted by molar-refractivity contribution is -0.114. The number of pyridine rings is 2. The molecule has 0 radical (unpaired) electrons. The van der Waals surface area contributed by atoms with Crippen LogP contribution in [0.25, 0.3) is 11.0 Å². The van der Waals surface area contributed by atoms with Crippen LogP contribution in [0.4, 0.5) is 5.82 Å². The van der Waals surface area contributed by atoms with Gasteiger partial charge in [-0.2, -0.15) is 0 Å². The van der Waals surface area contributed by atoms with Gasteiger partial charge in [0, 0.05) is 22.4 Å². The zero-order valence-electron chi connectivity index (χ0n) is 12.0. The number of amidine groups is 1. The summed E-state index contributed by atoms with van der Waals surface area (Å²) in [5.41, 5.74) is 7.60. The molecule has 2 aromatic heterocycles.